The smallest absolute Gasteiger partial charge is 0.252 e. The molecule has 4 heteroatoms. The van der Waals surface area contributed by atoms with E-state index < -0.39 is 5.60 Å². The molecular formula is C17H25NO3. The first-order valence-corrected chi connectivity index (χ1v) is 7.52. The van der Waals surface area contributed by atoms with Gasteiger partial charge in [-0.1, -0.05) is 37.3 Å². The zero-order valence-electron chi connectivity index (χ0n) is 13.1. The van der Waals surface area contributed by atoms with Crippen LogP contribution in [0.25, 0.3) is 0 Å². The summed E-state index contributed by atoms with van der Waals surface area (Å²) in [6, 6.07) is 9.59. The van der Waals surface area contributed by atoms with Gasteiger partial charge in [-0.3, -0.25) is 4.79 Å². The van der Waals surface area contributed by atoms with Gasteiger partial charge in [0.25, 0.3) is 5.91 Å². The first-order chi connectivity index (χ1) is 9.91. The van der Waals surface area contributed by atoms with E-state index in [1.54, 1.807) is 14.0 Å². The van der Waals surface area contributed by atoms with Crippen LogP contribution >= 0.6 is 0 Å². The van der Waals surface area contributed by atoms with Crippen LogP contribution < -0.4 is 5.32 Å². The molecule has 116 valence electrons. The molecule has 0 spiro atoms. The van der Waals surface area contributed by atoms with Crippen LogP contribution in [0.15, 0.2) is 30.3 Å². The molecule has 0 unspecified atom stereocenters. The molecule has 1 aliphatic rings. The van der Waals surface area contributed by atoms with E-state index in [0.717, 1.165) is 24.8 Å². The minimum absolute atomic E-state index is 0.234. The first kappa shape index (κ1) is 16.0. The number of rotatable bonds is 6. The monoisotopic (exact) mass is 291 g/mol. The third-order valence-electron chi connectivity index (χ3n) is 4.87. The van der Waals surface area contributed by atoms with Gasteiger partial charge in [-0.15, -0.1) is 0 Å². The average Bonchev–Trinajstić information content (AvgIpc) is 2.46. The van der Waals surface area contributed by atoms with Gasteiger partial charge >= 0.3 is 0 Å². The maximum absolute atomic E-state index is 12.4. The average molecular weight is 291 g/mol. The number of methoxy groups -OCH3 is 1. The molecule has 1 aromatic rings. The normalized spacial score (nSPS) is 21.0. The van der Waals surface area contributed by atoms with E-state index in [2.05, 4.69) is 5.32 Å². The van der Waals surface area contributed by atoms with E-state index in [1.807, 2.05) is 37.3 Å². The van der Waals surface area contributed by atoms with Crippen molar-refractivity contribution in [3.05, 3.63) is 35.9 Å². The standard InChI is InChI=1S/C17H25NO3/c1-13(14-8-5-4-6-9-14)16(2,20)15(19)18-12-17(21-3)10-7-11-17/h4-6,8-9,13,20H,7,10-12H2,1-3H3,(H,18,19)/t13-,16-/m0/s1. The molecule has 0 aromatic heterocycles. The molecule has 21 heavy (non-hydrogen) atoms. The Kier molecular flexibility index (Phi) is 4.69. The highest BCUT2D eigenvalue weighted by Gasteiger charge is 2.41. The Bertz CT molecular complexity index is 475. The summed E-state index contributed by atoms with van der Waals surface area (Å²) >= 11 is 0. The summed E-state index contributed by atoms with van der Waals surface area (Å²) in [4.78, 5) is 12.4. The van der Waals surface area contributed by atoms with E-state index in [-0.39, 0.29) is 17.4 Å². The number of aliphatic hydroxyl groups is 1. The molecule has 4 nitrogen and oxygen atoms in total. The van der Waals surface area contributed by atoms with Gasteiger partial charge < -0.3 is 15.2 Å². The van der Waals surface area contributed by atoms with Gasteiger partial charge in [0.15, 0.2) is 0 Å². The van der Waals surface area contributed by atoms with Crippen LogP contribution in [0.2, 0.25) is 0 Å². The molecule has 2 N–H and O–H groups in total. The summed E-state index contributed by atoms with van der Waals surface area (Å²) in [6.07, 6.45) is 3.04. The fourth-order valence-electron chi connectivity index (χ4n) is 2.71. The molecule has 0 bridgehead atoms. The summed E-state index contributed by atoms with van der Waals surface area (Å²) in [5.41, 5.74) is -0.732. The number of hydrogen-bond acceptors (Lipinski definition) is 3. The predicted octanol–water partition coefficient (Wildman–Crippen LogP) is 2.23. The molecule has 1 amide bonds. The Labute approximate surface area is 126 Å². The Hall–Kier alpha value is -1.39. The van der Waals surface area contributed by atoms with Crippen molar-refractivity contribution >= 4 is 5.91 Å². The van der Waals surface area contributed by atoms with Crippen LogP contribution in [-0.2, 0) is 9.53 Å². The molecule has 1 aliphatic carbocycles. The van der Waals surface area contributed by atoms with E-state index in [0.29, 0.717) is 6.54 Å². The zero-order chi connectivity index (χ0) is 15.5. The second-order valence-corrected chi connectivity index (χ2v) is 6.20. The largest absolute Gasteiger partial charge is 0.380 e. The van der Waals surface area contributed by atoms with Gasteiger partial charge in [0.1, 0.15) is 5.60 Å². The number of benzene rings is 1. The minimum Gasteiger partial charge on any atom is -0.380 e. The number of carbonyl (C=O) groups is 1. The maximum Gasteiger partial charge on any atom is 0.252 e. The SMILES string of the molecule is COC1(CNC(=O)[C@@](C)(O)[C@@H](C)c2ccccc2)CCC1. The third kappa shape index (κ3) is 3.27. The molecule has 0 radical (unpaired) electrons. The van der Waals surface area contributed by atoms with Crippen molar-refractivity contribution in [2.45, 2.75) is 50.2 Å². The number of amides is 1. The highest BCUT2D eigenvalue weighted by molar-refractivity contribution is 5.85. The van der Waals surface area contributed by atoms with Crippen LogP contribution in [-0.4, -0.2) is 35.9 Å². The topological polar surface area (TPSA) is 58.6 Å². The van der Waals surface area contributed by atoms with Gasteiger partial charge in [0.05, 0.1) is 5.60 Å². The van der Waals surface area contributed by atoms with Crippen LogP contribution in [0, 0.1) is 0 Å². The Balaban J connectivity index is 1.99. The molecule has 1 saturated carbocycles. The van der Waals surface area contributed by atoms with Crippen molar-refractivity contribution in [1.29, 1.82) is 0 Å². The van der Waals surface area contributed by atoms with Gasteiger partial charge in [0.2, 0.25) is 0 Å². The molecular weight excluding hydrogens is 266 g/mol. The summed E-state index contributed by atoms with van der Waals surface area (Å²) in [6.45, 7) is 3.89. The van der Waals surface area contributed by atoms with Gasteiger partial charge in [0, 0.05) is 19.6 Å². The van der Waals surface area contributed by atoms with Gasteiger partial charge in [-0.25, -0.2) is 0 Å². The highest BCUT2D eigenvalue weighted by Crippen LogP contribution is 2.34. The lowest BCUT2D eigenvalue weighted by Gasteiger charge is -2.41. The van der Waals surface area contributed by atoms with Crippen molar-refractivity contribution in [2.75, 3.05) is 13.7 Å². The first-order valence-electron chi connectivity index (χ1n) is 7.52. The van der Waals surface area contributed by atoms with Gasteiger partial charge in [-0.05, 0) is 31.7 Å². The lowest BCUT2D eigenvalue weighted by molar-refractivity contribution is -0.143. The van der Waals surface area contributed by atoms with Gasteiger partial charge in [-0.2, -0.15) is 0 Å². The summed E-state index contributed by atoms with van der Waals surface area (Å²) in [5.74, 6) is -0.624. The van der Waals surface area contributed by atoms with E-state index in [1.165, 1.54) is 0 Å². The second-order valence-electron chi connectivity index (χ2n) is 6.20. The molecule has 2 atom stereocenters. The fourth-order valence-corrected chi connectivity index (χ4v) is 2.71. The Morgan fingerprint density at radius 2 is 2.05 bits per heavy atom. The second kappa shape index (κ2) is 6.16. The maximum atomic E-state index is 12.4. The van der Waals surface area contributed by atoms with Crippen LogP contribution in [0.5, 0.6) is 0 Å². The number of ether oxygens (including phenoxy) is 1. The van der Waals surface area contributed by atoms with Crippen molar-refractivity contribution in [2.24, 2.45) is 0 Å². The van der Waals surface area contributed by atoms with Crippen molar-refractivity contribution in [3.63, 3.8) is 0 Å². The Morgan fingerprint density at radius 3 is 2.52 bits per heavy atom. The molecule has 2 rings (SSSR count). The lowest BCUT2D eigenvalue weighted by atomic mass is 9.79. The quantitative estimate of drug-likeness (QED) is 0.845. The van der Waals surface area contributed by atoms with E-state index >= 15 is 0 Å². The predicted molar refractivity (Wildman–Crippen MR) is 82.1 cm³/mol. The van der Waals surface area contributed by atoms with Crippen molar-refractivity contribution in [1.82, 2.24) is 5.32 Å². The van der Waals surface area contributed by atoms with Crippen LogP contribution in [0.1, 0.15) is 44.6 Å². The van der Waals surface area contributed by atoms with Crippen LogP contribution in [0.3, 0.4) is 0 Å². The molecule has 0 heterocycles. The van der Waals surface area contributed by atoms with Crippen molar-refractivity contribution < 1.29 is 14.6 Å². The highest BCUT2D eigenvalue weighted by atomic mass is 16.5. The van der Waals surface area contributed by atoms with E-state index in [9.17, 15) is 9.90 Å². The summed E-state index contributed by atoms with van der Waals surface area (Å²) in [5, 5.41) is 13.5. The van der Waals surface area contributed by atoms with Crippen molar-refractivity contribution in [3.8, 4) is 0 Å². The number of nitrogens with one attached hydrogen (secondary N) is 1. The minimum atomic E-state index is -1.44. The zero-order valence-corrected chi connectivity index (χ0v) is 13.1. The van der Waals surface area contributed by atoms with Crippen LogP contribution in [0.4, 0.5) is 0 Å². The lowest BCUT2D eigenvalue weighted by Crippen LogP contribution is -2.55. The molecule has 1 fully saturated rings. The van der Waals surface area contributed by atoms with E-state index in [4.69, 9.17) is 4.74 Å². The third-order valence-corrected chi connectivity index (χ3v) is 4.87. The summed E-state index contributed by atoms with van der Waals surface area (Å²) < 4.78 is 5.49. The molecule has 0 saturated heterocycles. The Morgan fingerprint density at radius 1 is 1.43 bits per heavy atom. The fraction of sp³-hybridized carbons (Fsp3) is 0.588. The molecule has 0 aliphatic heterocycles. The summed E-state index contributed by atoms with van der Waals surface area (Å²) in [7, 11) is 1.68. The molecule has 1 aromatic carbocycles. The number of hydrogen-bond donors (Lipinski definition) is 2. The number of carbonyl (C=O) groups excluding carboxylic acids is 1.